The van der Waals surface area contributed by atoms with E-state index >= 15 is 0 Å². The van der Waals surface area contributed by atoms with E-state index in [-0.39, 0.29) is 17.7 Å². The third-order valence-electron chi connectivity index (χ3n) is 2.32. The highest BCUT2D eigenvalue weighted by atomic mass is 16.5. The van der Waals surface area contributed by atoms with E-state index in [1.807, 2.05) is 6.92 Å². The summed E-state index contributed by atoms with van der Waals surface area (Å²) in [7, 11) is 1.50. The zero-order valence-corrected chi connectivity index (χ0v) is 9.43. The summed E-state index contributed by atoms with van der Waals surface area (Å²) in [5, 5.41) is 19.1. The number of benzene rings is 1. The molecule has 88 valence electrons. The minimum Gasteiger partial charge on any atom is -0.507 e. The molecule has 0 aliphatic rings. The third-order valence-corrected chi connectivity index (χ3v) is 2.32. The fraction of sp³-hybridized carbons (Fsp3) is 0.417. The maximum absolute atomic E-state index is 11.8. The van der Waals surface area contributed by atoms with Gasteiger partial charge in [-0.1, -0.05) is 11.6 Å². The number of methoxy groups -OCH3 is 1. The molecule has 0 fully saturated rings. The summed E-state index contributed by atoms with van der Waals surface area (Å²) in [5.74, 6) is -0.578. The predicted octanol–water partition coefficient (Wildman–Crippen LogP) is 1.28. The number of aryl methyl sites for hydroxylation is 1. The van der Waals surface area contributed by atoms with E-state index in [9.17, 15) is 15.0 Å². The van der Waals surface area contributed by atoms with Gasteiger partial charge in [0, 0.05) is 20.1 Å². The van der Waals surface area contributed by atoms with Gasteiger partial charge < -0.3 is 14.9 Å². The molecule has 16 heavy (non-hydrogen) atoms. The standard InChI is InChI=1S/C12H16O4/c1-8-3-4-10(13)9(7-8)12(15)11(14)5-6-16-2/h3-4,7,11,13-14H,5-6H2,1-2H3. The van der Waals surface area contributed by atoms with Gasteiger partial charge in [0.05, 0.1) is 5.56 Å². The Morgan fingerprint density at radius 3 is 2.81 bits per heavy atom. The Labute approximate surface area is 94.5 Å². The summed E-state index contributed by atoms with van der Waals surface area (Å²) in [4.78, 5) is 11.8. The molecule has 0 amide bonds. The van der Waals surface area contributed by atoms with Crippen LogP contribution in [0.4, 0.5) is 0 Å². The maximum atomic E-state index is 11.8. The summed E-state index contributed by atoms with van der Waals surface area (Å²) < 4.78 is 4.78. The summed E-state index contributed by atoms with van der Waals surface area (Å²) in [6.45, 7) is 2.12. The van der Waals surface area contributed by atoms with Crippen LogP contribution >= 0.6 is 0 Å². The van der Waals surface area contributed by atoms with Crippen LogP contribution in [0.25, 0.3) is 0 Å². The number of carbonyl (C=O) groups is 1. The number of hydrogen-bond acceptors (Lipinski definition) is 4. The minimum absolute atomic E-state index is 0.105. The molecule has 0 aliphatic carbocycles. The number of carbonyl (C=O) groups excluding carboxylic acids is 1. The number of ketones is 1. The summed E-state index contributed by atoms with van der Waals surface area (Å²) in [5.41, 5.74) is 1.02. The molecule has 0 aromatic heterocycles. The predicted molar refractivity (Wildman–Crippen MR) is 59.7 cm³/mol. The molecule has 0 aliphatic heterocycles. The summed E-state index contributed by atoms with van der Waals surface area (Å²) >= 11 is 0. The second-order valence-corrected chi connectivity index (χ2v) is 3.68. The Bertz CT molecular complexity index is 373. The molecule has 1 aromatic carbocycles. The van der Waals surface area contributed by atoms with E-state index in [1.165, 1.54) is 13.2 Å². The van der Waals surface area contributed by atoms with Crippen molar-refractivity contribution in [2.24, 2.45) is 0 Å². The highest BCUT2D eigenvalue weighted by Crippen LogP contribution is 2.20. The SMILES string of the molecule is COCCC(O)C(=O)c1cc(C)ccc1O. The van der Waals surface area contributed by atoms with Gasteiger partial charge in [-0.3, -0.25) is 4.79 Å². The van der Waals surface area contributed by atoms with E-state index in [0.29, 0.717) is 6.61 Å². The van der Waals surface area contributed by atoms with E-state index < -0.39 is 11.9 Å². The zero-order valence-electron chi connectivity index (χ0n) is 9.43. The van der Waals surface area contributed by atoms with Crippen molar-refractivity contribution in [2.75, 3.05) is 13.7 Å². The molecule has 0 saturated carbocycles. The maximum Gasteiger partial charge on any atom is 0.195 e. The van der Waals surface area contributed by atoms with Gasteiger partial charge in [-0.05, 0) is 19.1 Å². The number of Topliss-reactive ketones (excluding diaryl/α,β-unsaturated/α-hetero) is 1. The van der Waals surface area contributed by atoms with Crippen LogP contribution in [0.5, 0.6) is 5.75 Å². The molecule has 4 heteroatoms. The van der Waals surface area contributed by atoms with E-state index in [2.05, 4.69) is 0 Å². The largest absolute Gasteiger partial charge is 0.507 e. The number of aliphatic hydroxyl groups excluding tert-OH is 1. The first-order valence-corrected chi connectivity index (χ1v) is 5.07. The lowest BCUT2D eigenvalue weighted by Crippen LogP contribution is -2.22. The fourth-order valence-electron chi connectivity index (χ4n) is 1.39. The van der Waals surface area contributed by atoms with E-state index in [0.717, 1.165) is 5.56 Å². The lowest BCUT2D eigenvalue weighted by molar-refractivity contribution is 0.0649. The molecule has 0 heterocycles. The Balaban J connectivity index is 2.83. The van der Waals surface area contributed by atoms with Gasteiger partial charge in [-0.2, -0.15) is 0 Å². The van der Waals surface area contributed by atoms with Gasteiger partial charge in [0.2, 0.25) is 0 Å². The monoisotopic (exact) mass is 224 g/mol. The number of ether oxygens (including phenoxy) is 1. The average Bonchev–Trinajstić information content (AvgIpc) is 2.28. The molecule has 0 spiro atoms. The van der Waals surface area contributed by atoms with Crippen molar-refractivity contribution in [2.45, 2.75) is 19.4 Å². The number of phenolic OH excluding ortho intramolecular Hbond substituents is 1. The van der Waals surface area contributed by atoms with Gasteiger partial charge in [-0.15, -0.1) is 0 Å². The molecule has 4 nitrogen and oxygen atoms in total. The topological polar surface area (TPSA) is 66.8 Å². The number of aromatic hydroxyl groups is 1. The van der Waals surface area contributed by atoms with Crippen LogP contribution in [0.3, 0.4) is 0 Å². The normalized spacial score (nSPS) is 12.4. The van der Waals surface area contributed by atoms with Crippen molar-refractivity contribution in [1.29, 1.82) is 0 Å². The van der Waals surface area contributed by atoms with E-state index in [1.54, 1.807) is 12.1 Å². The van der Waals surface area contributed by atoms with Crippen molar-refractivity contribution in [3.8, 4) is 5.75 Å². The first-order valence-electron chi connectivity index (χ1n) is 5.07. The van der Waals surface area contributed by atoms with Crippen LogP contribution in [0.15, 0.2) is 18.2 Å². The molecule has 1 unspecified atom stereocenters. The smallest absolute Gasteiger partial charge is 0.195 e. The van der Waals surface area contributed by atoms with Crippen molar-refractivity contribution in [3.63, 3.8) is 0 Å². The fourth-order valence-corrected chi connectivity index (χ4v) is 1.39. The van der Waals surface area contributed by atoms with Gasteiger partial charge in [0.15, 0.2) is 5.78 Å². The van der Waals surface area contributed by atoms with Crippen LogP contribution in [0, 0.1) is 6.92 Å². The Kier molecular flexibility index (Phi) is 4.46. The second kappa shape index (κ2) is 5.63. The van der Waals surface area contributed by atoms with Crippen molar-refractivity contribution in [1.82, 2.24) is 0 Å². The van der Waals surface area contributed by atoms with Crippen LogP contribution in [0.2, 0.25) is 0 Å². The van der Waals surface area contributed by atoms with Crippen molar-refractivity contribution < 1.29 is 19.7 Å². The Hall–Kier alpha value is -1.39. The second-order valence-electron chi connectivity index (χ2n) is 3.68. The highest BCUT2D eigenvalue weighted by Gasteiger charge is 2.19. The molecule has 0 saturated heterocycles. The molecule has 1 rings (SSSR count). The number of aliphatic hydroxyl groups is 1. The number of rotatable bonds is 5. The van der Waals surface area contributed by atoms with Crippen LogP contribution in [-0.4, -0.2) is 35.8 Å². The zero-order chi connectivity index (χ0) is 12.1. The van der Waals surface area contributed by atoms with Crippen LogP contribution in [-0.2, 0) is 4.74 Å². The number of phenols is 1. The first kappa shape index (κ1) is 12.7. The van der Waals surface area contributed by atoms with Gasteiger partial charge in [0.25, 0.3) is 0 Å². The third kappa shape index (κ3) is 3.05. The Morgan fingerprint density at radius 1 is 1.50 bits per heavy atom. The van der Waals surface area contributed by atoms with Crippen LogP contribution in [0.1, 0.15) is 22.3 Å². The molecular formula is C12H16O4. The van der Waals surface area contributed by atoms with Gasteiger partial charge in [-0.25, -0.2) is 0 Å². The highest BCUT2D eigenvalue weighted by molar-refractivity contribution is 6.01. The molecule has 1 atom stereocenters. The summed E-state index contributed by atoms with van der Waals surface area (Å²) in [6.07, 6.45) is -0.907. The molecule has 0 radical (unpaired) electrons. The number of hydrogen-bond donors (Lipinski definition) is 2. The molecule has 2 N–H and O–H groups in total. The average molecular weight is 224 g/mol. The summed E-state index contributed by atoms with van der Waals surface area (Å²) in [6, 6.07) is 4.72. The van der Waals surface area contributed by atoms with Gasteiger partial charge in [0.1, 0.15) is 11.9 Å². The minimum atomic E-state index is -1.13. The van der Waals surface area contributed by atoms with Gasteiger partial charge >= 0.3 is 0 Å². The molecule has 0 bridgehead atoms. The molecule has 1 aromatic rings. The van der Waals surface area contributed by atoms with Crippen LogP contribution < -0.4 is 0 Å². The lowest BCUT2D eigenvalue weighted by atomic mass is 10.0. The first-order chi connectivity index (χ1) is 7.56. The van der Waals surface area contributed by atoms with Crippen molar-refractivity contribution in [3.05, 3.63) is 29.3 Å². The van der Waals surface area contributed by atoms with E-state index in [4.69, 9.17) is 4.74 Å². The Morgan fingerprint density at radius 2 is 2.19 bits per heavy atom. The van der Waals surface area contributed by atoms with Crippen molar-refractivity contribution >= 4 is 5.78 Å². The lowest BCUT2D eigenvalue weighted by Gasteiger charge is -2.10. The quantitative estimate of drug-likeness (QED) is 0.739. The molecular weight excluding hydrogens is 208 g/mol.